The number of carboxylic acid groups (broad SMARTS) is 1. The van der Waals surface area contributed by atoms with Crippen LogP contribution < -0.4 is 5.32 Å². The van der Waals surface area contributed by atoms with E-state index in [1.165, 1.54) is 17.1 Å². The third kappa shape index (κ3) is 3.46. The van der Waals surface area contributed by atoms with Crippen LogP contribution in [0.15, 0.2) is 12.5 Å². The van der Waals surface area contributed by atoms with E-state index in [1.807, 2.05) is 0 Å². The Morgan fingerprint density at radius 3 is 2.66 bits per heavy atom. The second kappa shape index (κ2) is 8.05. The number of hydrogen-bond acceptors (Lipinski definition) is 11. The second-order valence-corrected chi connectivity index (χ2v) is 7.90. The molecule has 0 aromatic carbocycles. The van der Waals surface area contributed by atoms with Crippen molar-refractivity contribution in [3.63, 3.8) is 0 Å². The molecule has 3 aromatic heterocycles. The maximum absolute atomic E-state index is 11.2. The van der Waals surface area contributed by atoms with E-state index in [0.29, 0.717) is 11.3 Å². The summed E-state index contributed by atoms with van der Waals surface area (Å²) in [4.78, 5) is 24.5. The standard InChI is InChI=1S/C18H22N8O6/c27-6-10-12(28)13(29)16(32-10)25-7-19-11-14(20-8-3-1-2-4-8)21-18(22-15(11)25)26-5-9(17(30)31)23-24-26/h5,7-8,10,12-13,16,27-29H,1-4,6H2,(H,30,31)(H,20,21,22)/t10-,12-,13-,16?/m1/s1. The summed E-state index contributed by atoms with van der Waals surface area (Å²) in [5, 5.41) is 49.9. The molecule has 32 heavy (non-hydrogen) atoms. The lowest BCUT2D eigenvalue weighted by molar-refractivity contribution is -0.0511. The van der Waals surface area contributed by atoms with E-state index in [0.717, 1.165) is 30.4 Å². The normalized spacial score (nSPS) is 26.2. The van der Waals surface area contributed by atoms with Gasteiger partial charge in [-0.25, -0.2) is 9.78 Å². The highest BCUT2D eigenvalue weighted by atomic mass is 16.6. The number of aliphatic hydroxyl groups is 3. The number of anilines is 1. The van der Waals surface area contributed by atoms with Crippen LogP contribution in [-0.4, -0.2) is 91.9 Å². The fourth-order valence-electron chi connectivity index (χ4n) is 4.13. The van der Waals surface area contributed by atoms with E-state index >= 15 is 0 Å². The van der Waals surface area contributed by atoms with Crippen molar-refractivity contribution in [3.8, 4) is 5.95 Å². The van der Waals surface area contributed by atoms with E-state index in [9.17, 15) is 20.1 Å². The van der Waals surface area contributed by atoms with Crippen LogP contribution in [0.4, 0.5) is 5.82 Å². The van der Waals surface area contributed by atoms with Crippen molar-refractivity contribution in [2.75, 3.05) is 11.9 Å². The van der Waals surface area contributed by atoms with Gasteiger partial charge in [-0.15, -0.1) is 5.10 Å². The van der Waals surface area contributed by atoms with Crippen LogP contribution >= 0.6 is 0 Å². The smallest absolute Gasteiger partial charge is 0.358 e. The summed E-state index contributed by atoms with van der Waals surface area (Å²) in [6.45, 7) is -0.465. The molecule has 1 aliphatic carbocycles. The zero-order valence-electron chi connectivity index (χ0n) is 16.8. The van der Waals surface area contributed by atoms with E-state index in [-0.39, 0.29) is 23.3 Å². The maximum atomic E-state index is 11.2. The molecule has 0 radical (unpaired) electrons. The molecule has 0 bridgehead atoms. The van der Waals surface area contributed by atoms with Crippen LogP contribution in [0.2, 0.25) is 0 Å². The van der Waals surface area contributed by atoms with Crippen LogP contribution in [0, 0.1) is 0 Å². The summed E-state index contributed by atoms with van der Waals surface area (Å²) in [7, 11) is 0. The highest BCUT2D eigenvalue weighted by molar-refractivity contribution is 5.85. The second-order valence-electron chi connectivity index (χ2n) is 7.90. The number of imidazole rings is 1. The van der Waals surface area contributed by atoms with E-state index in [4.69, 9.17) is 9.84 Å². The zero-order chi connectivity index (χ0) is 22.4. The van der Waals surface area contributed by atoms with Gasteiger partial charge in [0.2, 0.25) is 0 Å². The molecular formula is C18H22N8O6. The summed E-state index contributed by atoms with van der Waals surface area (Å²) < 4.78 is 8.20. The number of carboxylic acids is 1. The van der Waals surface area contributed by atoms with Gasteiger partial charge in [-0.05, 0) is 12.8 Å². The number of fused-ring (bicyclic) bond motifs is 1. The van der Waals surface area contributed by atoms with Gasteiger partial charge in [0.1, 0.15) is 18.3 Å². The van der Waals surface area contributed by atoms with Gasteiger partial charge in [-0.1, -0.05) is 18.1 Å². The molecule has 5 N–H and O–H groups in total. The van der Waals surface area contributed by atoms with Gasteiger partial charge in [0, 0.05) is 6.04 Å². The molecule has 1 unspecified atom stereocenters. The van der Waals surface area contributed by atoms with Crippen molar-refractivity contribution in [2.24, 2.45) is 0 Å². The Kier molecular flexibility index (Phi) is 5.21. The Morgan fingerprint density at radius 1 is 1.22 bits per heavy atom. The summed E-state index contributed by atoms with van der Waals surface area (Å²) in [5.41, 5.74) is 0.422. The number of aromatic nitrogens is 7. The number of nitrogens with zero attached hydrogens (tertiary/aromatic N) is 7. The first-order valence-electron chi connectivity index (χ1n) is 10.3. The summed E-state index contributed by atoms with van der Waals surface area (Å²) in [6, 6.07) is 0.199. The third-order valence-corrected chi connectivity index (χ3v) is 5.81. The minimum atomic E-state index is -1.32. The average molecular weight is 446 g/mol. The van der Waals surface area contributed by atoms with Gasteiger partial charge in [0.05, 0.1) is 19.1 Å². The van der Waals surface area contributed by atoms with E-state index < -0.39 is 37.1 Å². The molecule has 1 saturated carbocycles. The van der Waals surface area contributed by atoms with Gasteiger partial charge in [0.25, 0.3) is 5.95 Å². The van der Waals surface area contributed by atoms with Crippen LogP contribution in [0.5, 0.6) is 0 Å². The van der Waals surface area contributed by atoms with Crippen molar-refractivity contribution in [1.82, 2.24) is 34.5 Å². The highest BCUT2D eigenvalue weighted by Crippen LogP contribution is 2.33. The zero-order valence-corrected chi connectivity index (χ0v) is 16.8. The lowest BCUT2D eigenvalue weighted by atomic mass is 10.1. The number of nitrogens with one attached hydrogen (secondary N) is 1. The first-order valence-corrected chi connectivity index (χ1v) is 10.3. The molecule has 14 nitrogen and oxygen atoms in total. The highest BCUT2D eigenvalue weighted by Gasteiger charge is 2.44. The van der Waals surface area contributed by atoms with Crippen molar-refractivity contribution >= 4 is 23.0 Å². The molecule has 1 saturated heterocycles. The van der Waals surface area contributed by atoms with E-state index in [1.54, 1.807) is 0 Å². The van der Waals surface area contributed by atoms with Gasteiger partial charge in [-0.2, -0.15) is 14.6 Å². The molecule has 0 spiro atoms. The molecule has 4 atom stereocenters. The molecule has 14 heteroatoms. The topological polar surface area (TPSA) is 194 Å². The van der Waals surface area contributed by atoms with Crippen LogP contribution in [-0.2, 0) is 4.74 Å². The van der Waals surface area contributed by atoms with Gasteiger partial charge in [0.15, 0.2) is 28.9 Å². The van der Waals surface area contributed by atoms with Crippen molar-refractivity contribution in [3.05, 3.63) is 18.2 Å². The Labute approximate surface area is 180 Å². The average Bonchev–Trinajstić information content (AvgIpc) is 3.56. The Morgan fingerprint density at radius 2 is 2.00 bits per heavy atom. The summed E-state index contributed by atoms with van der Waals surface area (Å²) in [5.74, 6) is -0.764. The number of aromatic carboxylic acids is 1. The minimum absolute atomic E-state index is 0.0477. The Balaban J connectivity index is 1.61. The van der Waals surface area contributed by atoms with Crippen molar-refractivity contribution < 1.29 is 30.0 Å². The van der Waals surface area contributed by atoms with Crippen LogP contribution in [0.3, 0.4) is 0 Å². The molecule has 0 amide bonds. The largest absolute Gasteiger partial charge is 0.476 e. The fraction of sp³-hybridized carbons (Fsp3) is 0.556. The number of aliphatic hydroxyl groups excluding tert-OH is 3. The number of carbonyl (C=O) groups is 1. The molecule has 3 aromatic rings. The summed E-state index contributed by atoms with van der Waals surface area (Å²) in [6.07, 6.45) is 2.14. The van der Waals surface area contributed by atoms with E-state index in [2.05, 4.69) is 30.6 Å². The lowest BCUT2D eigenvalue weighted by Crippen LogP contribution is -2.33. The summed E-state index contributed by atoms with van der Waals surface area (Å²) >= 11 is 0. The van der Waals surface area contributed by atoms with Crippen molar-refractivity contribution in [2.45, 2.75) is 56.3 Å². The molecule has 4 heterocycles. The van der Waals surface area contributed by atoms with Crippen molar-refractivity contribution in [1.29, 1.82) is 0 Å². The first-order chi connectivity index (χ1) is 15.5. The maximum Gasteiger partial charge on any atom is 0.358 e. The number of hydrogen-bond donors (Lipinski definition) is 5. The van der Waals surface area contributed by atoms with Gasteiger partial charge >= 0.3 is 5.97 Å². The van der Waals surface area contributed by atoms with Crippen LogP contribution in [0.25, 0.3) is 17.1 Å². The molecule has 1 aliphatic heterocycles. The number of ether oxygens (including phenoxy) is 1. The molecule has 170 valence electrons. The molecule has 2 fully saturated rings. The van der Waals surface area contributed by atoms with Gasteiger partial charge in [-0.3, -0.25) is 4.57 Å². The Bertz CT molecular complexity index is 1140. The quantitative estimate of drug-likeness (QED) is 0.313. The monoisotopic (exact) mass is 446 g/mol. The third-order valence-electron chi connectivity index (χ3n) is 5.81. The number of rotatable bonds is 6. The Hall–Kier alpha value is -3.20. The minimum Gasteiger partial charge on any atom is -0.476 e. The fourth-order valence-corrected chi connectivity index (χ4v) is 4.13. The van der Waals surface area contributed by atoms with Gasteiger partial charge < -0.3 is 30.5 Å². The molecular weight excluding hydrogens is 424 g/mol. The predicted molar refractivity (Wildman–Crippen MR) is 106 cm³/mol. The first kappa shape index (κ1) is 20.7. The SMILES string of the molecule is O=C(O)c1cn(-c2nc(NC3CCCC3)c3ncn(C4O[C@H](CO)[C@@H](O)[C@H]4O)c3n2)nn1. The van der Waals surface area contributed by atoms with Crippen LogP contribution in [0.1, 0.15) is 42.4 Å². The molecule has 2 aliphatic rings. The molecule has 5 rings (SSSR count). The lowest BCUT2D eigenvalue weighted by Gasteiger charge is -2.17. The predicted octanol–water partition coefficient (Wildman–Crippen LogP) is -0.929.